The quantitative estimate of drug-likeness (QED) is 0.393. The molecule has 11 heteroatoms. The zero-order valence-electron chi connectivity index (χ0n) is 16.5. The van der Waals surface area contributed by atoms with Gasteiger partial charge in [-0.2, -0.15) is 0 Å². The van der Waals surface area contributed by atoms with Gasteiger partial charge in [0.25, 0.3) is 0 Å². The van der Waals surface area contributed by atoms with E-state index in [0.29, 0.717) is 23.0 Å². The highest BCUT2D eigenvalue weighted by atomic mass is 35.5. The van der Waals surface area contributed by atoms with Crippen LogP contribution in [0.25, 0.3) is 17.1 Å². The molecule has 0 saturated carbocycles. The van der Waals surface area contributed by atoms with Gasteiger partial charge < -0.3 is 10.1 Å². The third-order valence-corrected chi connectivity index (χ3v) is 5.28. The maximum Gasteiger partial charge on any atom is 0.321 e. The summed E-state index contributed by atoms with van der Waals surface area (Å²) >= 11 is 7.32. The predicted molar refractivity (Wildman–Crippen MR) is 116 cm³/mol. The van der Waals surface area contributed by atoms with Crippen LogP contribution in [0.3, 0.4) is 0 Å². The molecule has 3 rings (SSSR count). The maximum atomic E-state index is 14.6. The number of imide groups is 1. The number of urea groups is 1. The lowest BCUT2D eigenvalue weighted by atomic mass is 10.2. The van der Waals surface area contributed by atoms with Gasteiger partial charge in [0, 0.05) is 19.2 Å². The number of carbonyl (C=O) groups excluding carboxylic acids is 2. The largest absolute Gasteiger partial charge is 0.383 e. The van der Waals surface area contributed by atoms with E-state index < -0.39 is 17.8 Å². The Morgan fingerprint density at radius 1 is 1.16 bits per heavy atom. The van der Waals surface area contributed by atoms with Crippen molar-refractivity contribution >= 4 is 35.3 Å². The molecule has 0 spiro atoms. The van der Waals surface area contributed by atoms with Gasteiger partial charge in [-0.15, -0.1) is 10.2 Å². The number of hydrogen-bond acceptors (Lipinski definition) is 6. The summed E-state index contributed by atoms with van der Waals surface area (Å²) in [6.07, 6.45) is 0. The minimum Gasteiger partial charge on any atom is -0.383 e. The molecule has 0 saturated heterocycles. The second-order valence-electron chi connectivity index (χ2n) is 6.16. The van der Waals surface area contributed by atoms with Gasteiger partial charge in [-0.25, -0.2) is 9.18 Å². The fourth-order valence-electron chi connectivity index (χ4n) is 2.63. The van der Waals surface area contributed by atoms with Crippen LogP contribution in [0.5, 0.6) is 0 Å². The summed E-state index contributed by atoms with van der Waals surface area (Å²) in [5.74, 6) is -0.829. The molecule has 162 valence electrons. The number of halogens is 2. The monoisotopic (exact) mass is 463 g/mol. The molecule has 0 aliphatic carbocycles. The van der Waals surface area contributed by atoms with Crippen LogP contribution in [0.4, 0.5) is 9.18 Å². The highest BCUT2D eigenvalue weighted by molar-refractivity contribution is 7.99. The van der Waals surface area contributed by atoms with Gasteiger partial charge >= 0.3 is 6.03 Å². The van der Waals surface area contributed by atoms with Gasteiger partial charge in [0.05, 0.1) is 23.1 Å². The molecule has 3 aromatic rings. The van der Waals surface area contributed by atoms with Crippen LogP contribution < -0.4 is 10.6 Å². The van der Waals surface area contributed by atoms with E-state index in [1.807, 2.05) is 0 Å². The molecule has 31 heavy (non-hydrogen) atoms. The number of amides is 3. The number of nitrogens with one attached hydrogen (secondary N) is 2. The van der Waals surface area contributed by atoms with E-state index in [1.165, 1.54) is 17.7 Å². The molecule has 0 unspecified atom stereocenters. The summed E-state index contributed by atoms with van der Waals surface area (Å²) in [6.45, 7) is 0.596. The van der Waals surface area contributed by atoms with Crippen LogP contribution in [-0.2, 0) is 9.53 Å². The first-order valence-electron chi connectivity index (χ1n) is 9.16. The van der Waals surface area contributed by atoms with Crippen LogP contribution in [0.1, 0.15) is 0 Å². The van der Waals surface area contributed by atoms with E-state index in [0.717, 1.165) is 11.8 Å². The Hall–Kier alpha value is -2.95. The number of rotatable bonds is 8. The first-order chi connectivity index (χ1) is 15.0. The molecule has 2 aromatic carbocycles. The van der Waals surface area contributed by atoms with Crippen molar-refractivity contribution in [3.8, 4) is 17.1 Å². The number of methoxy groups -OCH3 is 1. The Morgan fingerprint density at radius 3 is 2.65 bits per heavy atom. The third kappa shape index (κ3) is 5.81. The molecule has 0 bridgehead atoms. The Kier molecular flexibility index (Phi) is 7.99. The highest BCUT2D eigenvalue weighted by Gasteiger charge is 2.21. The minimum atomic E-state index is -0.630. The predicted octanol–water partition coefficient (Wildman–Crippen LogP) is 3.29. The fourth-order valence-corrected chi connectivity index (χ4v) is 3.60. The molecular weight excluding hydrogens is 445 g/mol. The van der Waals surface area contributed by atoms with Crippen LogP contribution in [-0.4, -0.2) is 52.7 Å². The number of hydrogen-bond donors (Lipinski definition) is 2. The van der Waals surface area contributed by atoms with Crippen molar-refractivity contribution in [2.24, 2.45) is 0 Å². The number of nitrogens with zero attached hydrogens (tertiary/aromatic N) is 3. The maximum absolute atomic E-state index is 14.6. The van der Waals surface area contributed by atoms with E-state index in [1.54, 1.807) is 42.5 Å². The van der Waals surface area contributed by atoms with E-state index in [4.69, 9.17) is 16.3 Å². The SMILES string of the molecule is COCCNC(=O)NC(=O)CSc1nnc(-c2ccccc2Cl)n1-c1ccccc1F. The normalized spacial score (nSPS) is 10.7. The average molecular weight is 464 g/mol. The summed E-state index contributed by atoms with van der Waals surface area (Å²) in [7, 11) is 1.50. The Balaban J connectivity index is 1.83. The standard InChI is InChI=1S/C20H19ClFN5O3S/c1-30-11-10-23-19(29)24-17(28)12-31-20-26-25-18(13-6-2-3-7-14(13)21)27(20)16-9-5-4-8-15(16)22/h2-9H,10-12H2,1H3,(H2,23,24,28,29). The molecule has 0 fully saturated rings. The molecule has 8 nitrogen and oxygen atoms in total. The van der Waals surface area contributed by atoms with Crippen molar-refractivity contribution in [3.05, 3.63) is 59.4 Å². The smallest absolute Gasteiger partial charge is 0.321 e. The lowest BCUT2D eigenvalue weighted by Gasteiger charge is -2.12. The summed E-state index contributed by atoms with van der Waals surface area (Å²) in [6, 6.07) is 12.5. The fraction of sp³-hybridized carbons (Fsp3) is 0.200. The molecule has 2 N–H and O–H groups in total. The lowest BCUT2D eigenvalue weighted by Crippen LogP contribution is -2.41. The van der Waals surface area contributed by atoms with Crippen molar-refractivity contribution in [2.45, 2.75) is 5.16 Å². The summed E-state index contributed by atoms with van der Waals surface area (Å²) in [5, 5.41) is 13.7. The summed E-state index contributed by atoms with van der Waals surface area (Å²) in [4.78, 5) is 23.8. The Morgan fingerprint density at radius 2 is 1.90 bits per heavy atom. The molecule has 1 aromatic heterocycles. The topological polar surface area (TPSA) is 98.1 Å². The average Bonchev–Trinajstić information content (AvgIpc) is 3.16. The molecular formula is C20H19ClFN5O3S. The van der Waals surface area contributed by atoms with E-state index in [-0.39, 0.29) is 23.1 Å². The molecule has 3 amide bonds. The van der Waals surface area contributed by atoms with E-state index in [2.05, 4.69) is 20.8 Å². The van der Waals surface area contributed by atoms with Crippen molar-refractivity contribution in [1.82, 2.24) is 25.4 Å². The van der Waals surface area contributed by atoms with Gasteiger partial charge in [-0.3, -0.25) is 14.7 Å². The highest BCUT2D eigenvalue weighted by Crippen LogP contribution is 2.32. The van der Waals surface area contributed by atoms with Crippen LogP contribution >= 0.6 is 23.4 Å². The van der Waals surface area contributed by atoms with E-state index in [9.17, 15) is 14.0 Å². The second-order valence-corrected chi connectivity index (χ2v) is 7.51. The van der Waals surface area contributed by atoms with Gasteiger partial charge in [-0.05, 0) is 24.3 Å². The summed E-state index contributed by atoms with van der Waals surface area (Å²) < 4.78 is 20.9. The number of thioether (sulfide) groups is 1. The number of carbonyl (C=O) groups is 2. The zero-order valence-corrected chi connectivity index (χ0v) is 18.0. The van der Waals surface area contributed by atoms with Crippen LogP contribution in [0.15, 0.2) is 53.7 Å². The minimum absolute atomic E-state index is 0.132. The molecule has 0 aliphatic heterocycles. The third-order valence-electron chi connectivity index (χ3n) is 4.02. The first-order valence-corrected chi connectivity index (χ1v) is 10.5. The molecule has 0 aliphatic rings. The number of para-hydroxylation sites is 1. The van der Waals surface area contributed by atoms with Gasteiger partial charge in [0.15, 0.2) is 11.0 Å². The van der Waals surface area contributed by atoms with Gasteiger partial charge in [0.1, 0.15) is 5.82 Å². The Labute approximate surface area is 187 Å². The molecule has 1 heterocycles. The molecule has 0 radical (unpaired) electrons. The van der Waals surface area contributed by atoms with Crippen molar-refractivity contribution < 1.29 is 18.7 Å². The number of ether oxygens (including phenoxy) is 1. The van der Waals surface area contributed by atoms with Crippen molar-refractivity contribution in [3.63, 3.8) is 0 Å². The number of benzene rings is 2. The first kappa shape index (κ1) is 22.7. The lowest BCUT2D eigenvalue weighted by molar-refractivity contribution is -0.117. The number of aromatic nitrogens is 3. The second kappa shape index (κ2) is 10.9. The van der Waals surface area contributed by atoms with E-state index >= 15 is 0 Å². The van der Waals surface area contributed by atoms with Crippen molar-refractivity contribution in [2.75, 3.05) is 26.0 Å². The van der Waals surface area contributed by atoms with Crippen LogP contribution in [0, 0.1) is 5.82 Å². The Bertz CT molecular complexity index is 1080. The summed E-state index contributed by atoms with van der Waals surface area (Å²) in [5.41, 5.74) is 0.774. The van der Waals surface area contributed by atoms with Crippen molar-refractivity contribution in [1.29, 1.82) is 0 Å². The molecule has 0 atom stereocenters. The van der Waals surface area contributed by atoms with Crippen LogP contribution in [0.2, 0.25) is 5.02 Å². The zero-order chi connectivity index (χ0) is 22.2. The van der Waals surface area contributed by atoms with Gasteiger partial charge in [-0.1, -0.05) is 47.6 Å². The van der Waals surface area contributed by atoms with Gasteiger partial charge in [0.2, 0.25) is 5.91 Å².